The van der Waals surface area contributed by atoms with Crippen LogP contribution in [-0.2, 0) is 10.0 Å². The van der Waals surface area contributed by atoms with E-state index in [4.69, 9.17) is 17.3 Å². The van der Waals surface area contributed by atoms with Crippen LogP contribution in [0.1, 0.15) is 26.3 Å². The summed E-state index contributed by atoms with van der Waals surface area (Å²) in [4.78, 5) is 0. The number of halogens is 1. The second-order valence-electron chi connectivity index (χ2n) is 4.91. The Bertz CT molecular complexity index is 533. The van der Waals surface area contributed by atoms with Crippen molar-refractivity contribution in [3.05, 3.63) is 22.7 Å². The van der Waals surface area contributed by atoms with Gasteiger partial charge in [-0.3, -0.25) is 4.72 Å². The molecule has 0 aromatic heterocycles. The second-order valence-corrected chi connectivity index (χ2v) is 7.75. The van der Waals surface area contributed by atoms with Gasteiger partial charge in [0.2, 0.25) is 10.0 Å². The number of nitrogen functional groups attached to an aromatic ring is 1. The standard InChI is InChI=1S/C11H17ClN2O2S/c1-7-5-9(13)8(12)6-10(7)14-17(15,16)11(2,3)4/h5-6,14H,13H2,1-4H3. The first-order valence-corrected chi connectivity index (χ1v) is 6.99. The lowest BCUT2D eigenvalue weighted by Gasteiger charge is -2.21. The average molecular weight is 277 g/mol. The molecule has 0 bridgehead atoms. The molecule has 0 aliphatic heterocycles. The number of rotatable bonds is 2. The highest BCUT2D eigenvalue weighted by molar-refractivity contribution is 7.94. The van der Waals surface area contributed by atoms with Gasteiger partial charge in [0, 0.05) is 0 Å². The molecule has 0 aliphatic rings. The average Bonchev–Trinajstić information content (AvgIpc) is 2.12. The van der Waals surface area contributed by atoms with Crippen molar-refractivity contribution in [3.8, 4) is 0 Å². The molecule has 4 nitrogen and oxygen atoms in total. The van der Waals surface area contributed by atoms with Crippen molar-refractivity contribution in [2.75, 3.05) is 10.5 Å². The minimum Gasteiger partial charge on any atom is -0.398 e. The van der Waals surface area contributed by atoms with E-state index in [1.165, 1.54) is 6.07 Å². The number of benzene rings is 1. The first kappa shape index (κ1) is 14.1. The van der Waals surface area contributed by atoms with Crippen LogP contribution in [0.3, 0.4) is 0 Å². The lowest BCUT2D eigenvalue weighted by molar-refractivity contribution is 0.566. The number of sulfonamides is 1. The van der Waals surface area contributed by atoms with Gasteiger partial charge in [-0.1, -0.05) is 11.6 Å². The van der Waals surface area contributed by atoms with Crippen LogP contribution in [0.25, 0.3) is 0 Å². The first-order valence-electron chi connectivity index (χ1n) is 5.12. The van der Waals surface area contributed by atoms with Crippen LogP contribution in [0.2, 0.25) is 5.02 Å². The molecule has 17 heavy (non-hydrogen) atoms. The summed E-state index contributed by atoms with van der Waals surface area (Å²) in [6.07, 6.45) is 0. The van der Waals surface area contributed by atoms with Gasteiger partial charge in [-0.25, -0.2) is 8.42 Å². The molecule has 0 fully saturated rings. The Labute approximate surface area is 107 Å². The summed E-state index contributed by atoms with van der Waals surface area (Å²) in [5.74, 6) is 0. The summed E-state index contributed by atoms with van der Waals surface area (Å²) >= 11 is 5.87. The van der Waals surface area contributed by atoms with Crippen molar-refractivity contribution < 1.29 is 8.42 Å². The summed E-state index contributed by atoms with van der Waals surface area (Å²) in [6, 6.07) is 3.17. The molecular formula is C11H17ClN2O2S. The molecule has 0 amide bonds. The summed E-state index contributed by atoms with van der Waals surface area (Å²) in [5.41, 5.74) is 7.26. The normalized spacial score (nSPS) is 12.5. The van der Waals surface area contributed by atoms with Gasteiger partial charge >= 0.3 is 0 Å². The van der Waals surface area contributed by atoms with Gasteiger partial charge in [0.15, 0.2) is 0 Å². The van der Waals surface area contributed by atoms with E-state index in [1.807, 2.05) is 0 Å². The molecular weight excluding hydrogens is 260 g/mol. The smallest absolute Gasteiger partial charge is 0.237 e. The maximum absolute atomic E-state index is 12.0. The summed E-state index contributed by atoms with van der Waals surface area (Å²) in [5, 5.41) is 0.335. The Hall–Kier alpha value is -0.940. The third-order valence-electron chi connectivity index (χ3n) is 2.39. The Balaban J connectivity index is 3.18. The number of aryl methyl sites for hydroxylation is 1. The molecule has 1 aromatic carbocycles. The SMILES string of the molecule is Cc1cc(N)c(Cl)cc1NS(=O)(=O)C(C)(C)C. The van der Waals surface area contributed by atoms with E-state index in [0.29, 0.717) is 16.4 Å². The van der Waals surface area contributed by atoms with Crippen LogP contribution in [0.15, 0.2) is 12.1 Å². The second kappa shape index (κ2) is 4.38. The molecule has 0 atom stereocenters. The van der Waals surface area contributed by atoms with Crippen LogP contribution >= 0.6 is 11.6 Å². The number of hydrogen-bond acceptors (Lipinski definition) is 3. The maximum atomic E-state index is 12.0. The lowest BCUT2D eigenvalue weighted by atomic mass is 10.2. The van der Waals surface area contributed by atoms with Gasteiger partial charge in [0.25, 0.3) is 0 Å². The Morgan fingerprint density at radius 2 is 1.82 bits per heavy atom. The van der Waals surface area contributed by atoms with Crippen LogP contribution in [0.4, 0.5) is 11.4 Å². The Morgan fingerprint density at radius 1 is 1.29 bits per heavy atom. The third-order valence-corrected chi connectivity index (χ3v) is 4.82. The van der Waals surface area contributed by atoms with Crippen LogP contribution in [0, 0.1) is 6.92 Å². The molecule has 0 spiro atoms. The fourth-order valence-corrected chi connectivity index (χ4v) is 2.09. The number of nitrogens with two attached hydrogens (primary N) is 1. The van der Waals surface area contributed by atoms with Crippen molar-refractivity contribution in [2.24, 2.45) is 0 Å². The summed E-state index contributed by atoms with van der Waals surface area (Å²) < 4.78 is 25.6. The van der Waals surface area contributed by atoms with Crippen molar-refractivity contribution in [3.63, 3.8) is 0 Å². The third kappa shape index (κ3) is 3.04. The highest BCUT2D eigenvalue weighted by Gasteiger charge is 2.29. The quantitative estimate of drug-likeness (QED) is 0.816. The van der Waals surface area contributed by atoms with E-state index < -0.39 is 14.8 Å². The minimum atomic E-state index is -3.45. The van der Waals surface area contributed by atoms with Crippen LogP contribution in [-0.4, -0.2) is 13.2 Å². The van der Waals surface area contributed by atoms with Crippen molar-refractivity contribution >= 4 is 33.0 Å². The maximum Gasteiger partial charge on any atom is 0.237 e. The summed E-state index contributed by atoms with van der Waals surface area (Å²) in [7, 11) is -3.45. The van der Waals surface area contributed by atoms with Gasteiger partial charge in [-0.15, -0.1) is 0 Å². The van der Waals surface area contributed by atoms with Gasteiger partial charge in [-0.05, 0) is 45.4 Å². The van der Waals surface area contributed by atoms with E-state index in [-0.39, 0.29) is 0 Å². The van der Waals surface area contributed by atoms with Gasteiger partial charge in [-0.2, -0.15) is 0 Å². The van der Waals surface area contributed by atoms with E-state index in [2.05, 4.69) is 4.72 Å². The fourth-order valence-electron chi connectivity index (χ4n) is 1.11. The molecule has 3 N–H and O–H groups in total. The van der Waals surface area contributed by atoms with Gasteiger partial charge in [0.05, 0.1) is 21.1 Å². The molecule has 0 radical (unpaired) electrons. The topological polar surface area (TPSA) is 72.2 Å². The molecule has 0 saturated carbocycles. The van der Waals surface area contributed by atoms with Crippen LogP contribution in [0.5, 0.6) is 0 Å². The fraction of sp³-hybridized carbons (Fsp3) is 0.455. The van der Waals surface area contributed by atoms with Crippen molar-refractivity contribution in [1.82, 2.24) is 0 Å². The lowest BCUT2D eigenvalue weighted by Crippen LogP contribution is -2.33. The largest absolute Gasteiger partial charge is 0.398 e. The predicted molar refractivity (Wildman–Crippen MR) is 72.9 cm³/mol. The number of nitrogens with one attached hydrogen (secondary N) is 1. The minimum absolute atomic E-state index is 0.335. The molecule has 96 valence electrons. The predicted octanol–water partition coefficient (Wildman–Crippen LogP) is 2.77. The molecule has 0 heterocycles. The van der Waals surface area contributed by atoms with E-state index >= 15 is 0 Å². The highest BCUT2D eigenvalue weighted by atomic mass is 35.5. The number of hydrogen-bond donors (Lipinski definition) is 2. The summed E-state index contributed by atoms with van der Waals surface area (Å²) in [6.45, 7) is 6.66. The van der Waals surface area contributed by atoms with E-state index in [1.54, 1.807) is 33.8 Å². The monoisotopic (exact) mass is 276 g/mol. The molecule has 0 aliphatic carbocycles. The Morgan fingerprint density at radius 3 is 2.29 bits per heavy atom. The molecule has 6 heteroatoms. The van der Waals surface area contributed by atoms with Gasteiger partial charge in [0.1, 0.15) is 0 Å². The number of anilines is 2. The molecule has 1 rings (SSSR count). The van der Waals surface area contributed by atoms with Crippen molar-refractivity contribution in [1.29, 1.82) is 0 Å². The zero-order chi connectivity index (χ0) is 13.4. The zero-order valence-corrected chi connectivity index (χ0v) is 11.9. The first-order chi connectivity index (χ1) is 7.54. The van der Waals surface area contributed by atoms with E-state index in [9.17, 15) is 8.42 Å². The van der Waals surface area contributed by atoms with Crippen LogP contribution < -0.4 is 10.5 Å². The van der Waals surface area contributed by atoms with Gasteiger partial charge < -0.3 is 5.73 Å². The van der Waals surface area contributed by atoms with E-state index in [0.717, 1.165) is 5.56 Å². The Kier molecular flexibility index (Phi) is 3.64. The molecule has 0 unspecified atom stereocenters. The highest BCUT2D eigenvalue weighted by Crippen LogP contribution is 2.29. The van der Waals surface area contributed by atoms with Crippen molar-refractivity contribution in [2.45, 2.75) is 32.4 Å². The molecule has 0 saturated heterocycles. The zero-order valence-electron chi connectivity index (χ0n) is 10.3. The molecule has 1 aromatic rings.